The first kappa shape index (κ1) is 11.8. The highest BCUT2D eigenvalue weighted by atomic mass is 32.2. The zero-order valence-electron chi connectivity index (χ0n) is 8.55. The van der Waals surface area contributed by atoms with Gasteiger partial charge in [0.25, 0.3) is 0 Å². The van der Waals surface area contributed by atoms with Crippen molar-refractivity contribution in [3.05, 3.63) is 0 Å². The number of hydrogen-bond donors (Lipinski definition) is 0. The van der Waals surface area contributed by atoms with Gasteiger partial charge in [-0.1, -0.05) is 27.7 Å². The molecule has 0 aliphatic rings. The predicted molar refractivity (Wildman–Crippen MR) is 56.3 cm³/mol. The molecule has 0 aromatic rings. The Kier molecular flexibility index (Phi) is 5.41. The molecule has 0 saturated heterocycles. The molecule has 1 atom stereocenters. The molecule has 1 nitrogen and oxygen atoms in total. The van der Waals surface area contributed by atoms with Crippen molar-refractivity contribution in [3.63, 3.8) is 0 Å². The van der Waals surface area contributed by atoms with Crippen LogP contribution in [0.2, 0.25) is 0 Å². The maximum Gasteiger partial charge on any atom is 0.102 e. The second-order valence-electron chi connectivity index (χ2n) is 3.15. The Morgan fingerprint density at radius 2 is 1.83 bits per heavy atom. The van der Waals surface area contributed by atoms with Gasteiger partial charge in [-0.15, -0.1) is 11.8 Å². The average molecular weight is 185 g/mol. The summed E-state index contributed by atoms with van der Waals surface area (Å²) >= 11 is 1.83. The van der Waals surface area contributed by atoms with Crippen LogP contribution >= 0.6 is 11.8 Å². The minimum atomic E-state index is -0.130. The fourth-order valence-electron chi connectivity index (χ4n) is 1.07. The maximum absolute atomic E-state index is 9.05. The Hall–Kier alpha value is -0.160. The van der Waals surface area contributed by atoms with Gasteiger partial charge in [-0.3, -0.25) is 0 Å². The van der Waals surface area contributed by atoms with Crippen molar-refractivity contribution in [1.82, 2.24) is 0 Å². The first-order chi connectivity index (χ1) is 5.64. The van der Waals surface area contributed by atoms with Crippen LogP contribution in [0.5, 0.6) is 0 Å². The van der Waals surface area contributed by atoms with E-state index in [1.54, 1.807) is 0 Å². The monoisotopic (exact) mass is 185 g/mol. The third-order valence-corrected chi connectivity index (χ3v) is 4.20. The predicted octanol–water partition coefficient (Wildman–Crippen LogP) is 3.60. The van der Waals surface area contributed by atoms with E-state index in [1.165, 1.54) is 0 Å². The van der Waals surface area contributed by atoms with Crippen LogP contribution in [0.3, 0.4) is 0 Å². The fraction of sp³-hybridized carbons (Fsp3) is 0.900. The van der Waals surface area contributed by atoms with Gasteiger partial charge in [0.1, 0.15) is 4.75 Å². The highest BCUT2D eigenvalue weighted by Crippen LogP contribution is 2.35. The van der Waals surface area contributed by atoms with E-state index in [1.807, 2.05) is 11.8 Å². The molecule has 1 unspecified atom stereocenters. The summed E-state index contributed by atoms with van der Waals surface area (Å²) in [5.41, 5.74) is 0. The van der Waals surface area contributed by atoms with Crippen molar-refractivity contribution in [2.24, 2.45) is 0 Å². The largest absolute Gasteiger partial charge is 0.197 e. The molecule has 0 amide bonds. The summed E-state index contributed by atoms with van der Waals surface area (Å²) in [6.45, 7) is 8.57. The molecule has 0 N–H and O–H groups in total. The van der Waals surface area contributed by atoms with Crippen LogP contribution in [0.15, 0.2) is 0 Å². The Labute approximate surface area is 80.5 Å². The van der Waals surface area contributed by atoms with Crippen molar-refractivity contribution in [2.75, 3.05) is 0 Å². The van der Waals surface area contributed by atoms with E-state index in [4.69, 9.17) is 5.26 Å². The molecule has 0 spiro atoms. The molecule has 2 heteroatoms. The lowest BCUT2D eigenvalue weighted by Crippen LogP contribution is -2.22. The van der Waals surface area contributed by atoms with Crippen LogP contribution in [0, 0.1) is 11.3 Å². The van der Waals surface area contributed by atoms with Gasteiger partial charge in [0.2, 0.25) is 0 Å². The van der Waals surface area contributed by atoms with E-state index >= 15 is 0 Å². The molecular formula is C10H19NS. The van der Waals surface area contributed by atoms with E-state index in [2.05, 4.69) is 33.8 Å². The van der Waals surface area contributed by atoms with Crippen molar-refractivity contribution >= 4 is 11.8 Å². The molecule has 0 fully saturated rings. The van der Waals surface area contributed by atoms with Crippen molar-refractivity contribution in [1.29, 1.82) is 5.26 Å². The molecule has 12 heavy (non-hydrogen) atoms. The second kappa shape index (κ2) is 5.48. The van der Waals surface area contributed by atoms with Crippen LogP contribution in [-0.4, -0.2) is 10.00 Å². The molecule has 0 aliphatic heterocycles. The summed E-state index contributed by atoms with van der Waals surface area (Å²) in [6.07, 6.45) is 3.05. The minimum absolute atomic E-state index is 0.130. The molecule has 70 valence electrons. The van der Waals surface area contributed by atoms with Crippen LogP contribution in [0.1, 0.15) is 47.0 Å². The molecule has 0 rings (SSSR count). The lowest BCUT2D eigenvalue weighted by atomic mass is 10.1. The summed E-state index contributed by atoms with van der Waals surface area (Å²) in [5, 5.41) is 9.65. The van der Waals surface area contributed by atoms with Crippen molar-refractivity contribution in [2.45, 2.75) is 57.0 Å². The average Bonchev–Trinajstić information content (AvgIpc) is 2.14. The van der Waals surface area contributed by atoms with Gasteiger partial charge in [-0.25, -0.2) is 0 Å². The van der Waals surface area contributed by atoms with E-state index in [9.17, 15) is 0 Å². The maximum atomic E-state index is 9.05. The molecule has 0 aromatic heterocycles. The van der Waals surface area contributed by atoms with E-state index in [0.717, 1.165) is 19.3 Å². The van der Waals surface area contributed by atoms with Crippen LogP contribution in [0.4, 0.5) is 0 Å². The molecule has 0 aliphatic carbocycles. The van der Waals surface area contributed by atoms with Gasteiger partial charge in [-0.2, -0.15) is 5.26 Å². The normalized spacial score (nSPS) is 13.9. The summed E-state index contributed by atoms with van der Waals surface area (Å²) in [6, 6.07) is 2.44. The van der Waals surface area contributed by atoms with Gasteiger partial charge >= 0.3 is 0 Å². The summed E-state index contributed by atoms with van der Waals surface area (Å²) in [4.78, 5) is 0. The van der Waals surface area contributed by atoms with E-state index < -0.39 is 0 Å². The van der Waals surface area contributed by atoms with Gasteiger partial charge in [0.15, 0.2) is 0 Å². The third-order valence-electron chi connectivity index (χ3n) is 2.35. The quantitative estimate of drug-likeness (QED) is 0.653. The third kappa shape index (κ3) is 3.06. The SMILES string of the molecule is CCC(C)SC(C#N)(CC)CC. The fourth-order valence-corrected chi connectivity index (χ4v) is 2.39. The first-order valence-electron chi connectivity index (χ1n) is 4.73. The number of hydrogen-bond acceptors (Lipinski definition) is 2. The number of nitriles is 1. The number of thioether (sulfide) groups is 1. The highest BCUT2D eigenvalue weighted by molar-refractivity contribution is 8.01. The topological polar surface area (TPSA) is 23.8 Å². The van der Waals surface area contributed by atoms with Crippen LogP contribution < -0.4 is 0 Å². The number of nitrogens with zero attached hydrogens (tertiary/aromatic N) is 1. The van der Waals surface area contributed by atoms with Crippen molar-refractivity contribution < 1.29 is 0 Å². The van der Waals surface area contributed by atoms with E-state index in [0.29, 0.717) is 5.25 Å². The molecule has 0 bridgehead atoms. The Morgan fingerprint density at radius 3 is 2.08 bits per heavy atom. The Balaban J connectivity index is 4.22. The van der Waals surface area contributed by atoms with Crippen LogP contribution in [0.25, 0.3) is 0 Å². The van der Waals surface area contributed by atoms with Crippen LogP contribution in [-0.2, 0) is 0 Å². The summed E-state index contributed by atoms with van der Waals surface area (Å²) in [7, 11) is 0. The zero-order chi connectivity index (χ0) is 9.61. The van der Waals surface area contributed by atoms with E-state index in [-0.39, 0.29) is 4.75 Å². The number of rotatable bonds is 5. The minimum Gasteiger partial charge on any atom is -0.197 e. The smallest absolute Gasteiger partial charge is 0.102 e. The molecular weight excluding hydrogens is 166 g/mol. The van der Waals surface area contributed by atoms with Gasteiger partial charge in [0, 0.05) is 5.25 Å². The second-order valence-corrected chi connectivity index (χ2v) is 4.97. The molecule has 0 heterocycles. The van der Waals surface area contributed by atoms with Crippen molar-refractivity contribution in [3.8, 4) is 6.07 Å². The van der Waals surface area contributed by atoms with Gasteiger partial charge in [0.05, 0.1) is 6.07 Å². The first-order valence-corrected chi connectivity index (χ1v) is 5.61. The summed E-state index contributed by atoms with van der Waals surface area (Å²) in [5.74, 6) is 0. The standard InChI is InChI=1S/C10H19NS/c1-5-9(4)12-10(6-2,7-3)8-11/h9H,5-7H2,1-4H3. The Morgan fingerprint density at radius 1 is 1.33 bits per heavy atom. The lowest BCUT2D eigenvalue weighted by Gasteiger charge is -2.25. The lowest BCUT2D eigenvalue weighted by molar-refractivity contribution is 0.665. The van der Waals surface area contributed by atoms with Gasteiger partial charge in [-0.05, 0) is 19.3 Å². The highest BCUT2D eigenvalue weighted by Gasteiger charge is 2.27. The molecule has 0 aromatic carbocycles. The van der Waals surface area contributed by atoms with Gasteiger partial charge < -0.3 is 0 Å². The molecule has 0 saturated carbocycles. The summed E-state index contributed by atoms with van der Waals surface area (Å²) < 4.78 is -0.130. The zero-order valence-corrected chi connectivity index (χ0v) is 9.37. The Bertz CT molecular complexity index is 156. The molecule has 0 radical (unpaired) electrons.